The highest BCUT2D eigenvalue weighted by Gasteiger charge is 2.30. The van der Waals surface area contributed by atoms with E-state index in [0.29, 0.717) is 0 Å². The predicted octanol–water partition coefficient (Wildman–Crippen LogP) is 2.80. The molecule has 4 rings (SSSR count). The lowest BCUT2D eigenvalue weighted by molar-refractivity contribution is 0.0155. The summed E-state index contributed by atoms with van der Waals surface area (Å²) in [6, 6.07) is 10.3. The fourth-order valence-corrected chi connectivity index (χ4v) is 3.12. The molecule has 1 unspecified atom stereocenters. The lowest BCUT2D eigenvalue weighted by Crippen LogP contribution is -2.39. The van der Waals surface area contributed by atoms with Crippen molar-refractivity contribution in [3.63, 3.8) is 0 Å². The minimum atomic E-state index is 0.120. The van der Waals surface area contributed by atoms with E-state index in [1.165, 1.54) is 12.0 Å². The molecule has 1 atom stereocenters. The monoisotopic (exact) mass is 311 g/mol. The van der Waals surface area contributed by atoms with E-state index in [1.54, 1.807) is 6.33 Å². The van der Waals surface area contributed by atoms with E-state index in [9.17, 15) is 0 Å². The molecule has 1 aromatic carbocycles. The Bertz CT molecular complexity index is 657. The molecule has 2 aliphatic heterocycles. The van der Waals surface area contributed by atoms with Crippen LogP contribution in [0, 0.1) is 0 Å². The molecule has 120 valence electrons. The van der Waals surface area contributed by atoms with Crippen LogP contribution >= 0.6 is 0 Å². The molecular formula is C17H21N5O. The maximum atomic E-state index is 5.89. The smallest absolute Gasteiger partial charge is 0.161 e. The number of anilines is 3. The van der Waals surface area contributed by atoms with Crippen LogP contribution in [0.15, 0.2) is 36.7 Å². The van der Waals surface area contributed by atoms with Gasteiger partial charge in [-0.05, 0) is 24.8 Å². The molecule has 2 N–H and O–H groups in total. The Labute approximate surface area is 135 Å². The first-order valence-corrected chi connectivity index (χ1v) is 8.17. The largest absolute Gasteiger partial charge is 0.364 e. The molecule has 3 heterocycles. The van der Waals surface area contributed by atoms with Crippen molar-refractivity contribution in [2.24, 2.45) is 0 Å². The second-order valence-corrected chi connectivity index (χ2v) is 5.89. The maximum absolute atomic E-state index is 5.89. The molecule has 2 aromatic rings. The highest BCUT2D eigenvalue weighted by atomic mass is 16.5. The summed E-state index contributed by atoms with van der Waals surface area (Å²) < 4.78 is 5.89. The van der Waals surface area contributed by atoms with Gasteiger partial charge in [0.2, 0.25) is 0 Å². The average molecular weight is 311 g/mol. The van der Waals surface area contributed by atoms with Crippen molar-refractivity contribution in [3.8, 4) is 0 Å². The molecule has 0 spiro atoms. The molecule has 6 nitrogen and oxygen atoms in total. The minimum absolute atomic E-state index is 0.120. The lowest BCUT2D eigenvalue weighted by atomic mass is 10.2. The van der Waals surface area contributed by atoms with Gasteiger partial charge in [-0.15, -0.1) is 0 Å². The van der Waals surface area contributed by atoms with Crippen molar-refractivity contribution in [1.29, 1.82) is 0 Å². The zero-order valence-electron chi connectivity index (χ0n) is 13.0. The zero-order chi connectivity index (χ0) is 15.5. The first-order valence-electron chi connectivity index (χ1n) is 8.17. The number of nitrogens with one attached hydrogen (secondary N) is 2. The Kier molecular flexibility index (Phi) is 3.98. The molecule has 0 radical (unpaired) electrons. The first-order chi connectivity index (χ1) is 11.4. The van der Waals surface area contributed by atoms with Crippen molar-refractivity contribution in [1.82, 2.24) is 9.97 Å². The van der Waals surface area contributed by atoms with E-state index in [2.05, 4.69) is 37.6 Å². The summed E-state index contributed by atoms with van der Waals surface area (Å²) in [6.07, 6.45) is 5.15. The Morgan fingerprint density at radius 1 is 1.22 bits per heavy atom. The SMILES string of the molecule is c1ccc(CNc2ncnc3c2NCN3C2CCCCO2)cc1. The van der Waals surface area contributed by atoms with Crippen LogP contribution in [0.2, 0.25) is 0 Å². The van der Waals surface area contributed by atoms with Gasteiger partial charge < -0.3 is 20.3 Å². The second kappa shape index (κ2) is 6.42. The molecule has 1 fully saturated rings. The predicted molar refractivity (Wildman–Crippen MR) is 90.4 cm³/mol. The number of hydrogen-bond donors (Lipinski definition) is 2. The number of hydrogen-bond acceptors (Lipinski definition) is 6. The van der Waals surface area contributed by atoms with Crippen LogP contribution in [-0.4, -0.2) is 29.5 Å². The highest BCUT2D eigenvalue weighted by Crippen LogP contribution is 2.37. The number of aromatic nitrogens is 2. The Hall–Kier alpha value is -2.34. The molecule has 23 heavy (non-hydrogen) atoms. The van der Waals surface area contributed by atoms with Gasteiger partial charge in [-0.2, -0.15) is 0 Å². The summed E-state index contributed by atoms with van der Waals surface area (Å²) in [5.41, 5.74) is 2.20. The van der Waals surface area contributed by atoms with Gasteiger partial charge in [-0.25, -0.2) is 9.97 Å². The van der Waals surface area contributed by atoms with Crippen molar-refractivity contribution in [2.75, 3.05) is 28.8 Å². The van der Waals surface area contributed by atoms with E-state index < -0.39 is 0 Å². The lowest BCUT2D eigenvalue weighted by Gasteiger charge is -2.31. The summed E-state index contributed by atoms with van der Waals surface area (Å²) in [7, 11) is 0. The number of rotatable bonds is 4. The Morgan fingerprint density at radius 2 is 2.13 bits per heavy atom. The van der Waals surface area contributed by atoms with Crippen LogP contribution in [0.5, 0.6) is 0 Å². The van der Waals surface area contributed by atoms with Gasteiger partial charge in [0.25, 0.3) is 0 Å². The van der Waals surface area contributed by atoms with Gasteiger partial charge in [0.05, 0.1) is 6.67 Å². The molecule has 0 aliphatic carbocycles. The van der Waals surface area contributed by atoms with Gasteiger partial charge in [-0.3, -0.25) is 0 Å². The van der Waals surface area contributed by atoms with E-state index in [1.807, 2.05) is 18.2 Å². The standard InChI is InChI=1S/C17H21N5O/c1-2-6-13(7-3-1)10-18-16-15-17(20-11-19-16)22(12-21-15)14-8-4-5-9-23-14/h1-3,6-7,11,14,21H,4-5,8-10,12H2,(H,18,19,20). The Morgan fingerprint density at radius 3 is 2.96 bits per heavy atom. The fraction of sp³-hybridized carbons (Fsp3) is 0.412. The summed E-state index contributed by atoms with van der Waals surface area (Å²) in [5, 5.41) is 6.81. The summed E-state index contributed by atoms with van der Waals surface area (Å²) in [5.74, 6) is 1.78. The third kappa shape index (κ3) is 2.94. The molecule has 1 aromatic heterocycles. The van der Waals surface area contributed by atoms with Crippen LogP contribution in [0.25, 0.3) is 0 Å². The van der Waals surface area contributed by atoms with Gasteiger partial charge in [-0.1, -0.05) is 30.3 Å². The van der Waals surface area contributed by atoms with Crippen LogP contribution < -0.4 is 15.5 Å². The topological polar surface area (TPSA) is 62.3 Å². The van der Waals surface area contributed by atoms with E-state index in [0.717, 1.165) is 50.0 Å². The Balaban J connectivity index is 1.51. The quantitative estimate of drug-likeness (QED) is 0.905. The van der Waals surface area contributed by atoms with Gasteiger partial charge in [0.1, 0.15) is 18.2 Å². The number of benzene rings is 1. The maximum Gasteiger partial charge on any atom is 0.161 e. The summed E-state index contributed by atoms with van der Waals surface area (Å²) in [4.78, 5) is 11.1. The van der Waals surface area contributed by atoms with E-state index in [-0.39, 0.29) is 6.23 Å². The van der Waals surface area contributed by atoms with Crippen molar-refractivity contribution in [2.45, 2.75) is 32.0 Å². The first kappa shape index (κ1) is 14.3. The number of fused-ring (bicyclic) bond motifs is 1. The minimum Gasteiger partial charge on any atom is -0.364 e. The molecule has 0 amide bonds. The fourth-order valence-electron chi connectivity index (χ4n) is 3.12. The molecular weight excluding hydrogens is 290 g/mol. The van der Waals surface area contributed by atoms with Crippen LogP contribution in [-0.2, 0) is 11.3 Å². The molecule has 1 saturated heterocycles. The number of nitrogens with zero attached hydrogens (tertiary/aromatic N) is 3. The van der Waals surface area contributed by atoms with E-state index >= 15 is 0 Å². The van der Waals surface area contributed by atoms with Crippen molar-refractivity contribution < 1.29 is 4.74 Å². The third-order valence-electron chi connectivity index (χ3n) is 4.33. The van der Waals surface area contributed by atoms with Crippen LogP contribution in [0.3, 0.4) is 0 Å². The average Bonchev–Trinajstić information content (AvgIpc) is 3.06. The molecule has 6 heteroatoms. The highest BCUT2D eigenvalue weighted by molar-refractivity contribution is 5.81. The van der Waals surface area contributed by atoms with E-state index in [4.69, 9.17) is 4.74 Å². The zero-order valence-corrected chi connectivity index (χ0v) is 13.0. The normalized spacial score (nSPS) is 20.0. The summed E-state index contributed by atoms with van der Waals surface area (Å²) >= 11 is 0. The summed E-state index contributed by atoms with van der Waals surface area (Å²) in [6.45, 7) is 2.30. The number of ether oxygens (including phenoxy) is 1. The molecule has 0 saturated carbocycles. The second-order valence-electron chi connectivity index (χ2n) is 5.89. The van der Waals surface area contributed by atoms with Crippen LogP contribution in [0.1, 0.15) is 24.8 Å². The molecule has 0 bridgehead atoms. The molecule has 2 aliphatic rings. The van der Waals surface area contributed by atoms with Crippen molar-refractivity contribution in [3.05, 3.63) is 42.2 Å². The van der Waals surface area contributed by atoms with Gasteiger partial charge >= 0.3 is 0 Å². The van der Waals surface area contributed by atoms with Gasteiger partial charge in [0, 0.05) is 13.2 Å². The van der Waals surface area contributed by atoms with Crippen LogP contribution in [0.4, 0.5) is 17.3 Å². The third-order valence-corrected chi connectivity index (χ3v) is 4.33. The van der Waals surface area contributed by atoms with Crippen molar-refractivity contribution >= 4 is 17.3 Å². The van der Waals surface area contributed by atoms with Gasteiger partial charge in [0.15, 0.2) is 11.6 Å².